The minimum absolute atomic E-state index is 0.262. The number of hydrogen-bond acceptors (Lipinski definition) is 2. The molecule has 0 radical (unpaired) electrons. The Bertz CT molecular complexity index is 181. The van der Waals surface area contributed by atoms with Gasteiger partial charge in [0.05, 0.1) is 6.61 Å². The highest BCUT2D eigenvalue weighted by atomic mass is 16.3. The molecule has 0 aliphatic heterocycles. The van der Waals surface area contributed by atoms with E-state index in [1.165, 1.54) is 19.3 Å². The molecule has 15 heavy (non-hydrogen) atoms. The van der Waals surface area contributed by atoms with Crippen molar-refractivity contribution >= 4 is 0 Å². The van der Waals surface area contributed by atoms with Crippen LogP contribution in [0.3, 0.4) is 0 Å². The van der Waals surface area contributed by atoms with E-state index < -0.39 is 0 Å². The lowest BCUT2D eigenvalue weighted by Gasteiger charge is -2.35. The van der Waals surface area contributed by atoms with Crippen molar-refractivity contribution in [2.75, 3.05) is 6.61 Å². The molecule has 1 saturated carbocycles. The van der Waals surface area contributed by atoms with Crippen molar-refractivity contribution in [2.45, 2.75) is 59.0 Å². The van der Waals surface area contributed by atoms with Gasteiger partial charge in [-0.25, -0.2) is 0 Å². The molecule has 0 bridgehead atoms. The zero-order valence-electron chi connectivity index (χ0n) is 10.7. The molecule has 2 N–H and O–H groups in total. The minimum atomic E-state index is 0.262. The van der Waals surface area contributed by atoms with E-state index in [0.717, 1.165) is 11.8 Å². The molecule has 1 rings (SSSR count). The van der Waals surface area contributed by atoms with Crippen molar-refractivity contribution < 1.29 is 5.11 Å². The van der Waals surface area contributed by atoms with Gasteiger partial charge in [0.15, 0.2) is 0 Å². The van der Waals surface area contributed by atoms with E-state index in [9.17, 15) is 5.11 Å². The molecule has 1 fully saturated rings. The Morgan fingerprint density at radius 3 is 2.33 bits per heavy atom. The zero-order valence-corrected chi connectivity index (χ0v) is 10.7. The van der Waals surface area contributed by atoms with Gasteiger partial charge in [-0.2, -0.15) is 0 Å². The maximum Gasteiger partial charge on any atom is 0.0587 e. The molecule has 3 unspecified atom stereocenters. The summed E-state index contributed by atoms with van der Waals surface area (Å²) < 4.78 is 0. The topological polar surface area (TPSA) is 32.3 Å². The second-order valence-corrected chi connectivity index (χ2v) is 5.66. The molecule has 0 aromatic carbocycles. The summed E-state index contributed by atoms with van der Waals surface area (Å²) in [4.78, 5) is 0. The summed E-state index contributed by atoms with van der Waals surface area (Å²) in [5.74, 6) is 2.21. The molecule has 4 atom stereocenters. The van der Waals surface area contributed by atoms with Gasteiger partial charge in [-0.05, 0) is 37.0 Å². The first kappa shape index (κ1) is 13.0. The summed E-state index contributed by atoms with van der Waals surface area (Å²) in [5, 5.41) is 12.9. The van der Waals surface area contributed by atoms with Crippen LogP contribution in [0.1, 0.15) is 47.0 Å². The predicted octanol–water partition coefficient (Wildman–Crippen LogP) is 2.42. The van der Waals surface area contributed by atoms with E-state index >= 15 is 0 Å². The Hall–Kier alpha value is -0.0800. The smallest absolute Gasteiger partial charge is 0.0587 e. The first-order chi connectivity index (χ1) is 7.04. The normalized spacial score (nSPS) is 34.4. The monoisotopic (exact) mass is 213 g/mol. The van der Waals surface area contributed by atoms with Gasteiger partial charge < -0.3 is 10.4 Å². The SMILES string of the molecule is CC1CCC(N[C@H](CO)C(C)C)CC1C. The van der Waals surface area contributed by atoms with Gasteiger partial charge in [0.25, 0.3) is 0 Å². The van der Waals surface area contributed by atoms with Crippen LogP contribution in [0.5, 0.6) is 0 Å². The van der Waals surface area contributed by atoms with Crippen LogP contribution in [0.4, 0.5) is 0 Å². The maximum atomic E-state index is 9.28. The third-order valence-electron chi connectivity index (χ3n) is 4.05. The predicted molar refractivity (Wildman–Crippen MR) is 64.8 cm³/mol. The first-order valence-electron chi connectivity index (χ1n) is 6.41. The van der Waals surface area contributed by atoms with Crippen LogP contribution >= 0.6 is 0 Å². The number of nitrogens with one attached hydrogen (secondary N) is 1. The number of rotatable bonds is 4. The molecule has 2 nitrogen and oxygen atoms in total. The van der Waals surface area contributed by atoms with E-state index in [2.05, 4.69) is 33.0 Å². The summed E-state index contributed by atoms with van der Waals surface area (Å²) >= 11 is 0. The number of aliphatic hydroxyl groups excluding tert-OH is 1. The molecular weight excluding hydrogens is 186 g/mol. The molecule has 1 aliphatic carbocycles. The van der Waals surface area contributed by atoms with Gasteiger partial charge in [0, 0.05) is 12.1 Å². The van der Waals surface area contributed by atoms with E-state index in [4.69, 9.17) is 0 Å². The van der Waals surface area contributed by atoms with Crippen molar-refractivity contribution in [3.63, 3.8) is 0 Å². The quantitative estimate of drug-likeness (QED) is 0.751. The van der Waals surface area contributed by atoms with Crippen molar-refractivity contribution in [2.24, 2.45) is 17.8 Å². The largest absolute Gasteiger partial charge is 0.395 e. The van der Waals surface area contributed by atoms with E-state index in [1.54, 1.807) is 0 Å². The Kier molecular flexibility index (Phi) is 5.07. The van der Waals surface area contributed by atoms with Gasteiger partial charge >= 0.3 is 0 Å². The molecule has 1 aliphatic rings. The molecule has 0 aromatic rings. The first-order valence-corrected chi connectivity index (χ1v) is 6.41. The molecule has 0 aromatic heterocycles. The van der Waals surface area contributed by atoms with Crippen molar-refractivity contribution in [3.8, 4) is 0 Å². The fourth-order valence-electron chi connectivity index (χ4n) is 2.46. The van der Waals surface area contributed by atoms with Crippen molar-refractivity contribution in [3.05, 3.63) is 0 Å². The van der Waals surface area contributed by atoms with Crippen LogP contribution < -0.4 is 5.32 Å². The lowest BCUT2D eigenvalue weighted by Crippen LogP contribution is -2.46. The second-order valence-electron chi connectivity index (χ2n) is 5.66. The van der Waals surface area contributed by atoms with Crippen molar-refractivity contribution in [1.82, 2.24) is 5.32 Å². The Morgan fingerprint density at radius 1 is 1.20 bits per heavy atom. The van der Waals surface area contributed by atoms with Crippen LogP contribution in [-0.4, -0.2) is 23.8 Å². The van der Waals surface area contributed by atoms with Gasteiger partial charge in [-0.3, -0.25) is 0 Å². The average Bonchev–Trinajstić information content (AvgIpc) is 2.19. The number of aliphatic hydroxyl groups is 1. The fourth-order valence-corrected chi connectivity index (χ4v) is 2.46. The average molecular weight is 213 g/mol. The number of hydrogen-bond donors (Lipinski definition) is 2. The van der Waals surface area contributed by atoms with Crippen LogP contribution in [0.2, 0.25) is 0 Å². The zero-order chi connectivity index (χ0) is 11.4. The Morgan fingerprint density at radius 2 is 1.87 bits per heavy atom. The molecule has 0 heterocycles. The minimum Gasteiger partial charge on any atom is -0.395 e. The van der Waals surface area contributed by atoms with Gasteiger partial charge in [0.1, 0.15) is 0 Å². The van der Waals surface area contributed by atoms with Crippen LogP contribution in [-0.2, 0) is 0 Å². The lowest BCUT2D eigenvalue weighted by atomic mass is 9.79. The standard InChI is InChI=1S/C13H27NO/c1-9(2)13(8-15)14-12-6-5-10(3)11(4)7-12/h9-15H,5-8H2,1-4H3/t10?,11?,12?,13-/m1/s1. The van der Waals surface area contributed by atoms with E-state index in [1.807, 2.05) is 0 Å². The molecule has 90 valence electrons. The summed E-state index contributed by atoms with van der Waals surface area (Å²) in [7, 11) is 0. The summed E-state index contributed by atoms with van der Waals surface area (Å²) in [6.45, 7) is 9.30. The third-order valence-corrected chi connectivity index (χ3v) is 4.05. The van der Waals surface area contributed by atoms with Gasteiger partial charge in [-0.15, -0.1) is 0 Å². The molecule has 0 amide bonds. The second kappa shape index (κ2) is 5.86. The van der Waals surface area contributed by atoms with Crippen LogP contribution in [0, 0.1) is 17.8 Å². The lowest BCUT2D eigenvalue weighted by molar-refractivity contribution is 0.162. The highest BCUT2D eigenvalue weighted by Crippen LogP contribution is 2.29. The summed E-state index contributed by atoms with van der Waals surface area (Å²) in [6.07, 6.45) is 3.87. The fraction of sp³-hybridized carbons (Fsp3) is 1.00. The molecule has 2 heteroatoms. The highest BCUT2D eigenvalue weighted by Gasteiger charge is 2.26. The van der Waals surface area contributed by atoms with Crippen molar-refractivity contribution in [1.29, 1.82) is 0 Å². The highest BCUT2D eigenvalue weighted by molar-refractivity contribution is 4.83. The third kappa shape index (κ3) is 3.76. The van der Waals surface area contributed by atoms with Crippen LogP contribution in [0.25, 0.3) is 0 Å². The maximum absolute atomic E-state index is 9.28. The van der Waals surface area contributed by atoms with Crippen LogP contribution in [0.15, 0.2) is 0 Å². The molecular formula is C13H27NO. The summed E-state index contributed by atoms with van der Waals surface area (Å²) in [6, 6.07) is 0.895. The van der Waals surface area contributed by atoms with Gasteiger partial charge in [0.2, 0.25) is 0 Å². The Balaban J connectivity index is 2.38. The Labute approximate surface area is 94.5 Å². The summed E-state index contributed by atoms with van der Waals surface area (Å²) in [5.41, 5.74) is 0. The van der Waals surface area contributed by atoms with E-state index in [0.29, 0.717) is 12.0 Å². The molecule has 0 saturated heterocycles. The van der Waals surface area contributed by atoms with Gasteiger partial charge in [-0.1, -0.05) is 27.7 Å². The van der Waals surface area contributed by atoms with E-state index in [-0.39, 0.29) is 12.6 Å². The molecule has 0 spiro atoms.